The van der Waals surface area contributed by atoms with Crippen molar-refractivity contribution in [2.45, 2.75) is 17.2 Å². The number of nitriles is 1. The average Bonchev–Trinajstić information content (AvgIpc) is 2.49. The van der Waals surface area contributed by atoms with E-state index >= 15 is 0 Å². The number of benzene rings is 1. The molecule has 1 aromatic rings. The largest absolute Gasteiger partial charge is 0.384 e. The third kappa shape index (κ3) is 3.27. The van der Waals surface area contributed by atoms with Gasteiger partial charge in [0.1, 0.15) is 0 Å². The number of alkyl halides is 2. The topological polar surface area (TPSA) is 70.4 Å². The van der Waals surface area contributed by atoms with Crippen LogP contribution >= 0.6 is 0 Å². The van der Waals surface area contributed by atoms with Gasteiger partial charge in [-0.05, 0) is 18.2 Å². The molecule has 0 aliphatic carbocycles. The number of ether oxygens (including phenoxy) is 1. The quantitative estimate of drug-likeness (QED) is 0.845. The van der Waals surface area contributed by atoms with Crippen LogP contribution in [0.1, 0.15) is 12.0 Å². The Labute approximate surface area is 128 Å². The third-order valence-electron chi connectivity index (χ3n) is 3.68. The molecule has 22 heavy (non-hydrogen) atoms. The van der Waals surface area contributed by atoms with Crippen LogP contribution in [0.25, 0.3) is 0 Å². The van der Waals surface area contributed by atoms with Gasteiger partial charge in [0, 0.05) is 26.6 Å². The maximum absolute atomic E-state index is 13.8. The van der Waals surface area contributed by atoms with E-state index in [0.717, 1.165) is 4.31 Å². The van der Waals surface area contributed by atoms with Crippen LogP contribution in [0, 0.1) is 17.2 Å². The highest BCUT2D eigenvalue weighted by Gasteiger charge is 2.46. The second-order valence-corrected chi connectivity index (χ2v) is 7.10. The molecule has 1 aromatic carbocycles. The number of hydrogen-bond donors (Lipinski definition) is 0. The summed E-state index contributed by atoms with van der Waals surface area (Å²) in [5.41, 5.74) is 0.205. The molecule has 0 spiro atoms. The van der Waals surface area contributed by atoms with E-state index in [1.54, 1.807) is 0 Å². The van der Waals surface area contributed by atoms with Gasteiger partial charge in [-0.25, -0.2) is 17.2 Å². The molecule has 1 atom stereocenters. The SMILES string of the molecule is COCC1CN(S(=O)(=O)c2cccc(C#N)c2)CCC1(F)F. The highest BCUT2D eigenvalue weighted by Crippen LogP contribution is 2.35. The predicted molar refractivity (Wildman–Crippen MR) is 74.8 cm³/mol. The van der Waals surface area contributed by atoms with Crippen molar-refractivity contribution >= 4 is 10.0 Å². The fourth-order valence-corrected chi connectivity index (χ4v) is 3.95. The van der Waals surface area contributed by atoms with Crippen molar-refractivity contribution in [1.82, 2.24) is 4.31 Å². The molecule has 8 heteroatoms. The van der Waals surface area contributed by atoms with Crippen molar-refractivity contribution in [2.24, 2.45) is 5.92 Å². The molecule has 1 unspecified atom stereocenters. The highest BCUT2D eigenvalue weighted by molar-refractivity contribution is 7.89. The van der Waals surface area contributed by atoms with Crippen molar-refractivity contribution in [3.05, 3.63) is 29.8 Å². The normalized spacial score (nSPS) is 22.2. The maximum atomic E-state index is 13.8. The van der Waals surface area contributed by atoms with Crippen LogP contribution < -0.4 is 0 Å². The number of rotatable bonds is 4. The van der Waals surface area contributed by atoms with Crippen molar-refractivity contribution in [3.63, 3.8) is 0 Å². The Bertz CT molecular complexity index is 686. The lowest BCUT2D eigenvalue weighted by atomic mass is 9.96. The minimum Gasteiger partial charge on any atom is -0.384 e. The van der Waals surface area contributed by atoms with Gasteiger partial charge < -0.3 is 4.74 Å². The second kappa shape index (κ2) is 6.28. The molecule has 0 bridgehead atoms. The van der Waals surface area contributed by atoms with Crippen molar-refractivity contribution in [3.8, 4) is 6.07 Å². The highest BCUT2D eigenvalue weighted by atomic mass is 32.2. The zero-order chi connectivity index (χ0) is 16.4. The molecule has 0 amide bonds. The van der Waals surface area contributed by atoms with E-state index in [1.807, 2.05) is 6.07 Å². The predicted octanol–water partition coefficient (Wildman–Crippen LogP) is 1.85. The number of methoxy groups -OCH3 is 1. The third-order valence-corrected chi connectivity index (χ3v) is 5.55. The van der Waals surface area contributed by atoms with E-state index in [2.05, 4.69) is 0 Å². The summed E-state index contributed by atoms with van der Waals surface area (Å²) < 4.78 is 58.5. The zero-order valence-corrected chi connectivity index (χ0v) is 12.8. The van der Waals surface area contributed by atoms with Gasteiger partial charge in [-0.1, -0.05) is 6.07 Å². The number of hydrogen-bond acceptors (Lipinski definition) is 4. The summed E-state index contributed by atoms with van der Waals surface area (Å²) in [6.45, 7) is -0.774. The summed E-state index contributed by atoms with van der Waals surface area (Å²) in [5, 5.41) is 8.84. The van der Waals surface area contributed by atoms with Gasteiger partial charge in [-0.2, -0.15) is 9.57 Å². The lowest BCUT2D eigenvalue weighted by Gasteiger charge is -2.37. The Balaban J connectivity index is 2.28. The Morgan fingerprint density at radius 1 is 1.50 bits per heavy atom. The van der Waals surface area contributed by atoms with Crippen molar-refractivity contribution < 1.29 is 21.9 Å². The molecule has 1 saturated heterocycles. The minimum atomic E-state index is -3.90. The van der Waals surface area contributed by atoms with Gasteiger partial charge in [0.25, 0.3) is 5.92 Å². The summed E-state index contributed by atoms with van der Waals surface area (Å²) in [6, 6.07) is 7.40. The molecular weight excluding hydrogens is 314 g/mol. The Hall–Kier alpha value is -1.56. The van der Waals surface area contributed by atoms with Crippen LogP contribution in [0.5, 0.6) is 0 Å². The Morgan fingerprint density at radius 3 is 2.86 bits per heavy atom. The fraction of sp³-hybridized carbons (Fsp3) is 0.500. The maximum Gasteiger partial charge on any atom is 0.255 e. The lowest BCUT2D eigenvalue weighted by molar-refractivity contribution is -0.112. The first kappa shape index (κ1) is 16.8. The molecule has 0 aromatic heterocycles. The molecule has 5 nitrogen and oxygen atoms in total. The Morgan fingerprint density at radius 2 is 2.23 bits per heavy atom. The number of nitrogens with zero attached hydrogens (tertiary/aromatic N) is 2. The van der Waals surface area contributed by atoms with Crippen LogP contribution in [0.2, 0.25) is 0 Å². The van der Waals surface area contributed by atoms with Crippen molar-refractivity contribution in [2.75, 3.05) is 26.8 Å². The molecule has 2 rings (SSSR count). The first-order valence-corrected chi connectivity index (χ1v) is 8.12. The van der Waals surface area contributed by atoms with E-state index in [4.69, 9.17) is 10.00 Å². The fourth-order valence-electron chi connectivity index (χ4n) is 2.42. The van der Waals surface area contributed by atoms with Gasteiger partial charge in [-0.3, -0.25) is 0 Å². The first-order valence-electron chi connectivity index (χ1n) is 6.68. The summed E-state index contributed by atoms with van der Waals surface area (Å²) in [4.78, 5) is -0.0621. The van der Waals surface area contributed by atoms with E-state index in [1.165, 1.54) is 31.4 Å². The summed E-state index contributed by atoms with van der Waals surface area (Å²) in [7, 11) is -2.60. The van der Waals surface area contributed by atoms with Crippen LogP contribution in [-0.2, 0) is 14.8 Å². The van der Waals surface area contributed by atoms with E-state index in [0.29, 0.717) is 0 Å². The minimum absolute atomic E-state index is 0.0621. The number of halogens is 2. The molecule has 0 saturated carbocycles. The first-order chi connectivity index (χ1) is 10.3. The molecule has 1 heterocycles. The van der Waals surface area contributed by atoms with E-state index in [-0.39, 0.29) is 30.2 Å². The van der Waals surface area contributed by atoms with Crippen molar-refractivity contribution in [1.29, 1.82) is 5.26 Å². The summed E-state index contributed by atoms with van der Waals surface area (Å²) in [6.07, 6.45) is -0.543. The van der Waals surface area contributed by atoms with Gasteiger partial charge in [-0.15, -0.1) is 0 Å². The van der Waals surface area contributed by atoms with Crippen LogP contribution in [0.4, 0.5) is 8.78 Å². The molecular formula is C14H16F2N2O3S. The van der Waals surface area contributed by atoms with Gasteiger partial charge in [0.05, 0.1) is 29.1 Å². The number of piperidine rings is 1. The number of sulfonamides is 1. The standard InChI is InChI=1S/C14H16F2N2O3S/c1-21-10-12-9-18(6-5-14(12,15)16)22(19,20)13-4-2-3-11(7-13)8-17/h2-4,7,12H,5-6,9-10H2,1H3. The second-order valence-electron chi connectivity index (χ2n) is 5.17. The molecule has 0 radical (unpaired) electrons. The average molecular weight is 330 g/mol. The summed E-state index contributed by atoms with van der Waals surface area (Å²) in [5.74, 6) is -4.13. The molecule has 1 aliphatic heterocycles. The van der Waals surface area contributed by atoms with E-state index < -0.39 is 28.3 Å². The molecule has 0 N–H and O–H groups in total. The van der Waals surface area contributed by atoms with Gasteiger partial charge >= 0.3 is 0 Å². The van der Waals surface area contributed by atoms with Crippen LogP contribution in [-0.4, -0.2) is 45.5 Å². The Kier molecular flexibility index (Phi) is 4.80. The molecule has 120 valence electrons. The molecule has 1 fully saturated rings. The van der Waals surface area contributed by atoms with E-state index in [9.17, 15) is 17.2 Å². The van der Waals surface area contributed by atoms with Gasteiger partial charge in [0.15, 0.2) is 0 Å². The van der Waals surface area contributed by atoms with Crippen LogP contribution in [0.3, 0.4) is 0 Å². The van der Waals surface area contributed by atoms with Crippen LogP contribution in [0.15, 0.2) is 29.2 Å². The summed E-state index contributed by atoms with van der Waals surface area (Å²) >= 11 is 0. The monoisotopic (exact) mass is 330 g/mol. The smallest absolute Gasteiger partial charge is 0.255 e. The lowest BCUT2D eigenvalue weighted by Crippen LogP contribution is -2.50. The molecule has 1 aliphatic rings. The van der Waals surface area contributed by atoms with Gasteiger partial charge in [0.2, 0.25) is 10.0 Å². The zero-order valence-electron chi connectivity index (χ0n) is 12.0.